The molecule has 220 valence electrons. The van der Waals surface area contributed by atoms with E-state index in [9.17, 15) is 19.2 Å². The molecule has 5 atom stereocenters. The van der Waals surface area contributed by atoms with Crippen molar-refractivity contribution >= 4 is 23.8 Å². The molecule has 4 unspecified atom stereocenters. The van der Waals surface area contributed by atoms with Gasteiger partial charge in [-0.25, -0.2) is 4.79 Å². The average Bonchev–Trinajstić information content (AvgIpc) is 3.38. The van der Waals surface area contributed by atoms with Gasteiger partial charge in [0.25, 0.3) is 0 Å². The molecule has 0 radical (unpaired) electrons. The molecule has 2 aromatic rings. The smallest absolute Gasteiger partial charge is 0.314 e. The molecule has 0 saturated carbocycles. The van der Waals surface area contributed by atoms with Crippen molar-refractivity contribution in [2.45, 2.75) is 76.2 Å². The number of fused-ring (bicyclic) bond motifs is 1. The minimum Gasteiger partial charge on any atom is -0.343 e. The van der Waals surface area contributed by atoms with E-state index in [-0.39, 0.29) is 42.4 Å². The van der Waals surface area contributed by atoms with Gasteiger partial charge in [-0.1, -0.05) is 67.6 Å². The topological polar surface area (TPSA) is 146 Å². The van der Waals surface area contributed by atoms with Crippen molar-refractivity contribution in [2.75, 3.05) is 13.1 Å². The largest absolute Gasteiger partial charge is 0.343 e. The maximum absolute atomic E-state index is 14.2. The van der Waals surface area contributed by atoms with Crippen LogP contribution in [0.5, 0.6) is 0 Å². The maximum Gasteiger partial charge on any atom is 0.314 e. The molecule has 4 rings (SSSR count). The fraction of sp³-hybridized carbons (Fsp3) is 0.484. The monoisotopic (exact) mass is 562 g/mol. The molecule has 2 fully saturated rings. The second-order valence-electron chi connectivity index (χ2n) is 10.8. The van der Waals surface area contributed by atoms with Crippen LogP contribution in [0.2, 0.25) is 0 Å². The molecule has 41 heavy (non-hydrogen) atoms. The summed E-state index contributed by atoms with van der Waals surface area (Å²) in [4.78, 5) is 54.7. The van der Waals surface area contributed by atoms with Crippen LogP contribution in [0, 0.1) is 5.92 Å². The summed E-state index contributed by atoms with van der Waals surface area (Å²) in [5.41, 5.74) is 7.88. The lowest BCUT2D eigenvalue weighted by molar-refractivity contribution is -0.143. The Morgan fingerprint density at radius 2 is 1.51 bits per heavy atom. The molecule has 6 N–H and O–H groups in total. The molecule has 0 aromatic heterocycles. The Bertz CT molecular complexity index is 1150. The Balaban J connectivity index is 1.58. The molecule has 2 heterocycles. The van der Waals surface area contributed by atoms with E-state index in [1.807, 2.05) is 67.6 Å². The summed E-state index contributed by atoms with van der Waals surface area (Å²) in [5, 5.41) is 11.6. The van der Waals surface area contributed by atoms with Gasteiger partial charge in [0.2, 0.25) is 17.7 Å². The van der Waals surface area contributed by atoms with Crippen LogP contribution in [0.3, 0.4) is 0 Å². The zero-order valence-electron chi connectivity index (χ0n) is 23.8. The van der Waals surface area contributed by atoms with Gasteiger partial charge >= 0.3 is 6.03 Å². The number of carbonyl (C=O) groups is 4. The SMILES string of the molecule is CCNC(=O)NCC1CCC2CCC(C(=O)NC(c3ccccc3)c3ccccc3)N2C(=O)C1NC(=O)[C@@H](N)CC. The molecule has 0 spiro atoms. The van der Waals surface area contributed by atoms with E-state index in [4.69, 9.17) is 5.73 Å². The van der Waals surface area contributed by atoms with Crippen molar-refractivity contribution in [1.29, 1.82) is 0 Å². The quantitative estimate of drug-likeness (QED) is 0.301. The van der Waals surface area contributed by atoms with Crippen LogP contribution >= 0.6 is 0 Å². The molecule has 0 bridgehead atoms. The van der Waals surface area contributed by atoms with Crippen LogP contribution in [0.1, 0.15) is 63.1 Å². The van der Waals surface area contributed by atoms with Crippen molar-refractivity contribution in [2.24, 2.45) is 11.7 Å². The van der Waals surface area contributed by atoms with E-state index in [1.54, 1.807) is 11.8 Å². The molecular formula is C31H42N6O4. The van der Waals surface area contributed by atoms with Gasteiger partial charge in [0.05, 0.1) is 12.1 Å². The number of hydrogen-bond acceptors (Lipinski definition) is 5. The molecular weight excluding hydrogens is 520 g/mol. The highest BCUT2D eigenvalue weighted by Crippen LogP contribution is 2.34. The molecule has 2 aliphatic heterocycles. The summed E-state index contributed by atoms with van der Waals surface area (Å²) < 4.78 is 0. The fourth-order valence-electron chi connectivity index (χ4n) is 5.87. The third-order valence-corrected chi connectivity index (χ3v) is 8.16. The second-order valence-corrected chi connectivity index (χ2v) is 10.8. The fourth-order valence-corrected chi connectivity index (χ4v) is 5.87. The first-order valence-corrected chi connectivity index (χ1v) is 14.6. The molecule has 5 amide bonds. The summed E-state index contributed by atoms with van der Waals surface area (Å²) in [7, 11) is 0. The number of benzene rings is 2. The van der Waals surface area contributed by atoms with E-state index in [2.05, 4.69) is 21.3 Å². The molecule has 2 aliphatic rings. The van der Waals surface area contributed by atoms with Gasteiger partial charge in [-0.05, 0) is 50.2 Å². The van der Waals surface area contributed by atoms with Crippen LogP contribution in [0.15, 0.2) is 60.7 Å². The normalized spacial score (nSPS) is 22.8. The van der Waals surface area contributed by atoms with E-state index in [0.29, 0.717) is 38.6 Å². The van der Waals surface area contributed by atoms with E-state index in [1.165, 1.54) is 0 Å². The summed E-state index contributed by atoms with van der Waals surface area (Å²) in [6, 6.07) is 16.3. The summed E-state index contributed by atoms with van der Waals surface area (Å²) in [6.45, 7) is 4.32. The number of nitrogens with zero attached hydrogens (tertiary/aromatic N) is 1. The number of amides is 5. The van der Waals surface area contributed by atoms with Gasteiger partial charge in [-0.15, -0.1) is 0 Å². The van der Waals surface area contributed by atoms with Crippen molar-refractivity contribution in [3.8, 4) is 0 Å². The van der Waals surface area contributed by atoms with Gasteiger partial charge in [0, 0.05) is 25.0 Å². The van der Waals surface area contributed by atoms with Crippen molar-refractivity contribution in [3.05, 3.63) is 71.8 Å². The second kappa shape index (κ2) is 14.1. The standard InChI is InChI=1S/C31H42N6O4/c1-3-24(32)28(38)36-27-22(19-34-31(41)33-4-2)15-16-23-17-18-25(37(23)30(27)40)29(39)35-26(20-11-7-5-8-12-20)21-13-9-6-10-14-21/h5-14,22-27H,3-4,15-19,32H2,1-2H3,(H,35,39)(H,36,38)(H2,33,34,41)/t22?,23?,24-,25?,27?/m0/s1. The third kappa shape index (κ3) is 7.24. The van der Waals surface area contributed by atoms with Crippen molar-refractivity contribution < 1.29 is 19.2 Å². The zero-order chi connectivity index (χ0) is 29.4. The Morgan fingerprint density at radius 1 is 0.902 bits per heavy atom. The Labute approximate surface area is 241 Å². The first-order chi connectivity index (χ1) is 19.8. The van der Waals surface area contributed by atoms with Crippen molar-refractivity contribution in [3.63, 3.8) is 0 Å². The summed E-state index contributed by atoms with van der Waals surface area (Å²) in [5.74, 6) is -1.29. The predicted octanol–water partition coefficient (Wildman–Crippen LogP) is 2.20. The highest BCUT2D eigenvalue weighted by Gasteiger charge is 2.48. The highest BCUT2D eigenvalue weighted by molar-refractivity contribution is 5.94. The van der Waals surface area contributed by atoms with E-state index < -0.39 is 24.0 Å². The number of carbonyl (C=O) groups excluding carboxylic acids is 4. The predicted molar refractivity (Wildman–Crippen MR) is 157 cm³/mol. The van der Waals surface area contributed by atoms with Crippen LogP contribution in [-0.4, -0.2) is 65.9 Å². The Kier molecular flexibility index (Phi) is 10.3. The van der Waals surface area contributed by atoms with E-state index >= 15 is 0 Å². The zero-order valence-corrected chi connectivity index (χ0v) is 23.8. The molecule has 2 aromatic carbocycles. The molecule has 0 aliphatic carbocycles. The molecule has 10 nitrogen and oxygen atoms in total. The lowest BCUT2D eigenvalue weighted by atomic mass is 9.92. The van der Waals surface area contributed by atoms with Gasteiger partial charge in [-0.2, -0.15) is 0 Å². The summed E-state index contributed by atoms with van der Waals surface area (Å²) in [6.07, 6.45) is 2.93. The van der Waals surface area contributed by atoms with E-state index in [0.717, 1.165) is 11.1 Å². The Hall–Kier alpha value is -3.92. The first-order valence-electron chi connectivity index (χ1n) is 14.6. The van der Waals surface area contributed by atoms with Crippen LogP contribution < -0.4 is 27.0 Å². The van der Waals surface area contributed by atoms with Crippen LogP contribution in [0.4, 0.5) is 4.79 Å². The van der Waals surface area contributed by atoms with Gasteiger partial charge in [0.15, 0.2) is 0 Å². The van der Waals surface area contributed by atoms with Gasteiger partial charge in [0.1, 0.15) is 12.1 Å². The van der Waals surface area contributed by atoms with Gasteiger partial charge in [-0.3, -0.25) is 14.4 Å². The lowest BCUT2D eigenvalue weighted by Gasteiger charge is -2.33. The average molecular weight is 563 g/mol. The maximum atomic E-state index is 14.2. The van der Waals surface area contributed by atoms with Crippen LogP contribution in [-0.2, 0) is 14.4 Å². The first kappa shape index (κ1) is 30.0. The molecule has 10 heteroatoms. The minimum absolute atomic E-state index is 0.126. The Morgan fingerprint density at radius 3 is 2.10 bits per heavy atom. The number of hydrogen-bond donors (Lipinski definition) is 5. The number of nitrogens with two attached hydrogens (primary N) is 1. The van der Waals surface area contributed by atoms with Gasteiger partial charge < -0.3 is 31.9 Å². The molecule has 2 saturated heterocycles. The van der Waals surface area contributed by atoms with Crippen LogP contribution in [0.25, 0.3) is 0 Å². The number of nitrogens with one attached hydrogen (secondary N) is 4. The highest BCUT2D eigenvalue weighted by atomic mass is 16.2. The number of rotatable bonds is 10. The number of urea groups is 1. The lowest BCUT2D eigenvalue weighted by Crippen LogP contribution is -2.59. The van der Waals surface area contributed by atoms with Crippen molar-refractivity contribution in [1.82, 2.24) is 26.2 Å². The summed E-state index contributed by atoms with van der Waals surface area (Å²) >= 11 is 0. The third-order valence-electron chi connectivity index (χ3n) is 8.16. The minimum atomic E-state index is -0.903.